The second kappa shape index (κ2) is 3.57. The second-order valence-electron chi connectivity index (χ2n) is 2.19. The number of carbonyl (C=O) groups is 1. The lowest BCUT2D eigenvalue weighted by Gasteiger charge is -2.00. The molecule has 70 valence electrons. The number of anilines is 1. The number of nitrogens with one attached hydrogen (secondary N) is 4. The quantitative estimate of drug-likeness (QED) is 0.441. The summed E-state index contributed by atoms with van der Waals surface area (Å²) in [6.45, 7) is 0. The van der Waals surface area contributed by atoms with Crippen LogP contribution >= 0.6 is 0 Å². The average Bonchev–Trinajstić information content (AvgIpc) is 2.09. The van der Waals surface area contributed by atoms with Crippen molar-refractivity contribution in [1.29, 1.82) is 0 Å². The molecule has 0 aliphatic heterocycles. The first-order valence-corrected chi connectivity index (χ1v) is 3.44. The third-order valence-electron chi connectivity index (χ3n) is 1.29. The number of aromatic nitrogens is 2. The highest BCUT2D eigenvalue weighted by atomic mass is 16.2. The van der Waals surface area contributed by atoms with Gasteiger partial charge >= 0.3 is 11.7 Å². The molecule has 0 aliphatic rings. The van der Waals surface area contributed by atoms with Crippen molar-refractivity contribution in [3.63, 3.8) is 0 Å². The van der Waals surface area contributed by atoms with Gasteiger partial charge in [0.1, 0.15) is 5.69 Å². The normalized spacial score (nSPS) is 9.31. The second-order valence-corrected chi connectivity index (χ2v) is 2.19. The van der Waals surface area contributed by atoms with Crippen LogP contribution in [0, 0.1) is 0 Å². The van der Waals surface area contributed by atoms with E-state index < -0.39 is 17.3 Å². The fourth-order valence-electron chi connectivity index (χ4n) is 0.687. The molecule has 13 heavy (non-hydrogen) atoms. The number of carbonyl (C=O) groups excluding carboxylic acids is 1. The van der Waals surface area contributed by atoms with Gasteiger partial charge in [0.05, 0.1) is 0 Å². The number of urea groups is 1. The van der Waals surface area contributed by atoms with Gasteiger partial charge in [-0.3, -0.25) is 9.78 Å². The third-order valence-corrected chi connectivity index (χ3v) is 1.29. The SMILES string of the molecule is CNC(=O)Nc1c[nH]c(=O)[nH]c1=O. The molecule has 1 rings (SSSR count). The van der Waals surface area contributed by atoms with Crippen molar-refractivity contribution in [2.45, 2.75) is 0 Å². The summed E-state index contributed by atoms with van der Waals surface area (Å²) in [7, 11) is 1.41. The molecule has 1 aromatic rings. The topological polar surface area (TPSA) is 107 Å². The van der Waals surface area contributed by atoms with E-state index in [0.717, 1.165) is 6.20 Å². The lowest BCUT2D eigenvalue weighted by atomic mass is 10.5. The maximum absolute atomic E-state index is 11.0. The van der Waals surface area contributed by atoms with Crippen LogP contribution in [0.1, 0.15) is 0 Å². The van der Waals surface area contributed by atoms with Crippen LogP contribution in [-0.4, -0.2) is 23.0 Å². The standard InChI is InChI=1S/C6H8N4O3/c1-7-5(12)9-3-2-8-6(13)10-4(3)11/h2H,1H3,(H2,7,9,12)(H2,8,10,11,13). The number of hydrogen-bond donors (Lipinski definition) is 4. The van der Waals surface area contributed by atoms with Crippen LogP contribution in [0.5, 0.6) is 0 Å². The number of rotatable bonds is 1. The van der Waals surface area contributed by atoms with Crippen molar-refractivity contribution >= 4 is 11.7 Å². The molecule has 0 saturated heterocycles. The minimum absolute atomic E-state index is 0.0149. The Bertz CT molecular complexity index is 418. The molecule has 4 N–H and O–H groups in total. The van der Waals surface area contributed by atoms with Crippen LogP contribution in [0.25, 0.3) is 0 Å². The molecule has 0 fully saturated rings. The summed E-state index contributed by atoms with van der Waals surface area (Å²) >= 11 is 0. The van der Waals surface area contributed by atoms with E-state index in [1.165, 1.54) is 7.05 Å². The smallest absolute Gasteiger partial charge is 0.325 e. The molecule has 0 saturated carbocycles. The first-order chi connectivity index (χ1) is 6.13. The Kier molecular flexibility index (Phi) is 2.48. The molecule has 0 atom stereocenters. The molecule has 0 unspecified atom stereocenters. The lowest BCUT2D eigenvalue weighted by molar-refractivity contribution is 0.254. The van der Waals surface area contributed by atoms with E-state index in [-0.39, 0.29) is 5.69 Å². The predicted octanol–water partition coefficient (Wildman–Crippen LogP) is -1.19. The lowest BCUT2D eigenvalue weighted by Crippen LogP contribution is -2.30. The van der Waals surface area contributed by atoms with Gasteiger partial charge in [0, 0.05) is 13.2 Å². The van der Waals surface area contributed by atoms with E-state index in [9.17, 15) is 14.4 Å². The van der Waals surface area contributed by atoms with E-state index in [2.05, 4.69) is 15.6 Å². The summed E-state index contributed by atoms with van der Waals surface area (Å²) in [5.41, 5.74) is -1.28. The Morgan fingerprint density at radius 1 is 1.46 bits per heavy atom. The van der Waals surface area contributed by atoms with Gasteiger partial charge in [0.15, 0.2) is 0 Å². The maximum Gasteiger partial charge on any atom is 0.325 e. The van der Waals surface area contributed by atoms with Gasteiger partial charge in [0.2, 0.25) is 0 Å². The highest BCUT2D eigenvalue weighted by molar-refractivity contribution is 5.88. The Morgan fingerprint density at radius 3 is 2.69 bits per heavy atom. The molecule has 0 spiro atoms. The Morgan fingerprint density at radius 2 is 2.15 bits per heavy atom. The highest BCUT2D eigenvalue weighted by Crippen LogP contribution is 1.90. The maximum atomic E-state index is 11.0. The van der Waals surface area contributed by atoms with E-state index in [1.54, 1.807) is 0 Å². The van der Waals surface area contributed by atoms with Gasteiger partial charge in [-0.25, -0.2) is 9.59 Å². The predicted molar refractivity (Wildman–Crippen MR) is 45.8 cm³/mol. The van der Waals surface area contributed by atoms with Gasteiger partial charge in [-0.05, 0) is 0 Å². The van der Waals surface area contributed by atoms with Crippen LogP contribution in [0.15, 0.2) is 15.8 Å². The molecular formula is C6H8N4O3. The molecule has 0 aliphatic carbocycles. The largest absolute Gasteiger partial charge is 0.341 e. The molecule has 1 aromatic heterocycles. The fraction of sp³-hybridized carbons (Fsp3) is 0.167. The minimum Gasteiger partial charge on any atom is -0.341 e. The van der Waals surface area contributed by atoms with Crippen LogP contribution in [0.4, 0.5) is 10.5 Å². The summed E-state index contributed by atoms with van der Waals surface area (Å²) in [5, 5.41) is 4.48. The number of H-pyrrole nitrogens is 2. The van der Waals surface area contributed by atoms with Crippen LogP contribution < -0.4 is 21.9 Å². The first-order valence-electron chi connectivity index (χ1n) is 3.44. The zero-order valence-electron chi connectivity index (χ0n) is 6.80. The van der Waals surface area contributed by atoms with Crippen molar-refractivity contribution in [2.75, 3.05) is 12.4 Å². The van der Waals surface area contributed by atoms with Crippen molar-refractivity contribution in [3.05, 3.63) is 27.0 Å². The number of hydrogen-bond acceptors (Lipinski definition) is 3. The van der Waals surface area contributed by atoms with Gasteiger partial charge in [-0.2, -0.15) is 0 Å². The van der Waals surface area contributed by atoms with Gasteiger partial charge < -0.3 is 15.6 Å². The van der Waals surface area contributed by atoms with Gasteiger partial charge in [0.25, 0.3) is 5.56 Å². The zero-order valence-corrected chi connectivity index (χ0v) is 6.80. The van der Waals surface area contributed by atoms with Crippen LogP contribution in [0.2, 0.25) is 0 Å². The molecule has 7 nitrogen and oxygen atoms in total. The monoisotopic (exact) mass is 184 g/mol. The Balaban J connectivity index is 2.97. The summed E-state index contributed by atoms with van der Waals surface area (Å²) in [6, 6.07) is -0.530. The fourth-order valence-corrected chi connectivity index (χ4v) is 0.687. The van der Waals surface area contributed by atoms with E-state index in [4.69, 9.17) is 0 Å². The summed E-state index contributed by atoms with van der Waals surface area (Å²) < 4.78 is 0. The van der Waals surface area contributed by atoms with Crippen molar-refractivity contribution in [1.82, 2.24) is 15.3 Å². The first kappa shape index (κ1) is 9.04. The van der Waals surface area contributed by atoms with E-state index in [1.807, 2.05) is 4.98 Å². The van der Waals surface area contributed by atoms with Gasteiger partial charge in [-0.1, -0.05) is 0 Å². The molecule has 0 radical (unpaired) electrons. The highest BCUT2D eigenvalue weighted by Gasteiger charge is 2.02. The molecule has 1 heterocycles. The van der Waals surface area contributed by atoms with Crippen molar-refractivity contribution < 1.29 is 4.79 Å². The molecule has 7 heteroatoms. The van der Waals surface area contributed by atoms with Crippen molar-refractivity contribution in [2.24, 2.45) is 0 Å². The van der Waals surface area contributed by atoms with Crippen LogP contribution in [-0.2, 0) is 0 Å². The van der Waals surface area contributed by atoms with E-state index >= 15 is 0 Å². The van der Waals surface area contributed by atoms with Gasteiger partial charge in [-0.15, -0.1) is 0 Å². The Hall–Kier alpha value is -2.05. The summed E-state index contributed by atoms with van der Waals surface area (Å²) in [5.74, 6) is 0. The minimum atomic E-state index is -0.646. The number of aromatic amines is 2. The summed E-state index contributed by atoms with van der Waals surface area (Å²) in [6.07, 6.45) is 1.12. The Labute approximate surface area is 72.2 Å². The molecule has 0 aromatic carbocycles. The molecular weight excluding hydrogens is 176 g/mol. The molecule has 2 amide bonds. The number of amides is 2. The molecule has 0 bridgehead atoms. The van der Waals surface area contributed by atoms with E-state index in [0.29, 0.717) is 0 Å². The zero-order chi connectivity index (χ0) is 9.84. The van der Waals surface area contributed by atoms with Crippen LogP contribution in [0.3, 0.4) is 0 Å². The summed E-state index contributed by atoms with van der Waals surface area (Å²) in [4.78, 5) is 36.5. The average molecular weight is 184 g/mol. The van der Waals surface area contributed by atoms with Crippen molar-refractivity contribution in [3.8, 4) is 0 Å². The third kappa shape index (κ3) is 2.19.